The minimum absolute atomic E-state index is 0.0453. The summed E-state index contributed by atoms with van der Waals surface area (Å²) in [7, 11) is 0. The Morgan fingerprint density at radius 3 is 2.61 bits per heavy atom. The molecule has 0 spiro atoms. The Morgan fingerprint density at radius 1 is 1.25 bits per heavy atom. The Morgan fingerprint density at radius 2 is 2.00 bits per heavy atom. The van der Waals surface area contributed by atoms with Gasteiger partial charge in [-0.1, -0.05) is 11.6 Å². The van der Waals surface area contributed by atoms with Gasteiger partial charge in [-0.3, -0.25) is 14.8 Å². The summed E-state index contributed by atoms with van der Waals surface area (Å²) in [6.45, 7) is 0.119. The Bertz CT molecular complexity index is 920. The molecule has 3 rings (SSSR count). The van der Waals surface area contributed by atoms with Gasteiger partial charge in [-0.2, -0.15) is 13.2 Å². The predicted molar refractivity (Wildman–Crippen MR) is 94.7 cm³/mol. The molecule has 2 aromatic rings. The van der Waals surface area contributed by atoms with E-state index in [1.165, 1.54) is 28.5 Å². The van der Waals surface area contributed by atoms with Gasteiger partial charge < -0.3 is 10.6 Å². The standard InChI is InChI=1S/C16H15ClF3N7O/c17-13-9(16(18,19)20)1-3-25-14(13)15(28)26-6-2-11(10(21)8-26)27(22)12-7-23-4-5-24-12/h1,3-5,7H,2,6,8,21-22H2. The number of pyridine rings is 1. The highest BCUT2D eigenvalue weighted by molar-refractivity contribution is 6.34. The van der Waals surface area contributed by atoms with E-state index >= 15 is 0 Å². The van der Waals surface area contributed by atoms with Gasteiger partial charge in [0, 0.05) is 37.3 Å². The quantitative estimate of drug-likeness (QED) is 0.583. The topological polar surface area (TPSA) is 114 Å². The summed E-state index contributed by atoms with van der Waals surface area (Å²) in [5, 5.41) is 0.521. The average Bonchev–Trinajstić information content (AvgIpc) is 2.67. The molecule has 0 aromatic carbocycles. The molecule has 0 saturated heterocycles. The first-order valence-corrected chi connectivity index (χ1v) is 8.37. The average molecular weight is 414 g/mol. The minimum Gasteiger partial charge on any atom is -0.399 e. The van der Waals surface area contributed by atoms with Crippen molar-refractivity contribution in [1.29, 1.82) is 0 Å². The second-order valence-electron chi connectivity index (χ2n) is 5.90. The van der Waals surface area contributed by atoms with Crippen molar-refractivity contribution in [2.75, 3.05) is 18.1 Å². The molecule has 2 aromatic heterocycles. The van der Waals surface area contributed by atoms with Crippen molar-refractivity contribution in [2.24, 2.45) is 11.6 Å². The Labute approximate surface area is 162 Å². The molecule has 0 radical (unpaired) electrons. The summed E-state index contributed by atoms with van der Waals surface area (Å²) in [6, 6.07) is 0.717. The van der Waals surface area contributed by atoms with Crippen LogP contribution in [0.25, 0.3) is 0 Å². The van der Waals surface area contributed by atoms with E-state index in [1.807, 2.05) is 0 Å². The summed E-state index contributed by atoms with van der Waals surface area (Å²) in [5.74, 6) is 5.63. The van der Waals surface area contributed by atoms with Crippen LogP contribution in [0.4, 0.5) is 19.0 Å². The molecule has 0 fully saturated rings. The fourth-order valence-electron chi connectivity index (χ4n) is 2.74. The van der Waals surface area contributed by atoms with Crippen molar-refractivity contribution < 1.29 is 18.0 Å². The molecule has 0 unspecified atom stereocenters. The van der Waals surface area contributed by atoms with Gasteiger partial charge in [-0.05, 0) is 6.07 Å². The molecule has 1 amide bonds. The number of hydrogen-bond acceptors (Lipinski definition) is 7. The number of hydrazine groups is 1. The third-order valence-corrected chi connectivity index (χ3v) is 4.50. The number of alkyl halides is 3. The van der Waals surface area contributed by atoms with E-state index in [1.54, 1.807) is 0 Å². The first-order chi connectivity index (χ1) is 13.2. The number of nitrogens with zero attached hydrogens (tertiary/aromatic N) is 5. The fraction of sp³-hybridized carbons (Fsp3) is 0.250. The summed E-state index contributed by atoms with van der Waals surface area (Å²) in [6.07, 6.45) is 0.867. The minimum atomic E-state index is -4.69. The number of amides is 1. The molecule has 0 atom stereocenters. The summed E-state index contributed by atoms with van der Waals surface area (Å²) in [4.78, 5) is 25.6. The van der Waals surface area contributed by atoms with Crippen LogP contribution in [0.1, 0.15) is 22.5 Å². The van der Waals surface area contributed by atoms with Crippen LogP contribution < -0.4 is 16.6 Å². The number of carbonyl (C=O) groups excluding carboxylic acids is 1. The van der Waals surface area contributed by atoms with Crippen molar-refractivity contribution in [1.82, 2.24) is 19.9 Å². The van der Waals surface area contributed by atoms with Crippen LogP contribution in [0.3, 0.4) is 0 Å². The van der Waals surface area contributed by atoms with Crippen LogP contribution >= 0.6 is 11.6 Å². The zero-order chi connectivity index (χ0) is 20.5. The molecule has 148 valence electrons. The smallest absolute Gasteiger partial charge is 0.399 e. The molecule has 0 aliphatic carbocycles. The number of aromatic nitrogens is 3. The van der Waals surface area contributed by atoms with E-state index in [4.69, 9.17) is 23.2 Å². The second-order valence-corrected chi connectivity index (χ2v) is 6.28. The molecule has 3 heterocycles. The maximum atomic E-state index is 13.0. The van der Waals surface area contributed by atoms with Gasteiger partial charge in [0.2, 0.25) is 0 Å². The monoisotopic (exact) mass is 413 g/mol. The molecule has 0 bridgehead atoms. The van der Waals surface area contributed by atoms with Crippen LogP contribution in [0.15, 0.2) is 42.2 Å². The number of anilines is 1. The molecule has 8 nitrogen and oxygen atoms in total. The van der Waals surface area contributed by atoms with Crippen LogP contribution in [-0.2, 0) is 6.18 Å². The van der Waals surface area contributed by atoms with Gasteiger partial charge in [-0.25, -0.2) is 15.8 Å². The molecule has 1 aliphatic rings. The van der Waals surface area contributed by atoms with Crippen molar-refractivity contribution in [3.05, 3.63) is 58.5 Å². The zero-order valence-corrected chi connectivity index (χ0v) is 15.1. The number of carbonyl (C=O) groups is 1. The Balaban J connectivity index is 1.83. The predicted octanol–water partition coefficient (Wildman–Crippen LogP) is 1.94. The lowest BCUT2D eigenvalue weighted by atomic mass is 10.1. The van der Waals surface area contributed by atoms with Gasteiger partial charge >= 0.3 is 6.18 Å². The molecular weight excluding hydrogens is 399 g/mol. The van der Waals surface area contributed by atoms with E-state index in [0.29, 0.717) is 11.5 Å². The number of halogens is 4. The van der Waals surface area contributed by atoms with Gasteiger partial charge in [-0.15, -0.1) is 0 Å². The number of rotatable bonds is 3. The summed E-state index contributed by atoms with van der Waals surface area (Å²) < 4.78 is 39.0. The zero-order valence-electron chi connectivity index (χ0n) is 14.3. The van der Waals surface area contributed by atoms with Crippen LogP contribution in [0, 0.1) is 0 Å². The van der Waals surface area contributed by atoms with E-state index in [0.717, 1.165) is 12.3 Å². The lowest BCUT2D eigenvalue weighted by Gasteiger charge is -2.32. The maximum absolute atomic E-state index is 13.0. The van der Waals surface area contributed by atoms with Crippen molar-refractivity contribution >= 4 is 23.3 Å². The molecular formula is C16H15ClF3N7O. The molecule has 0 saturated carbocycles. The Kier molecular flexibility index (Phi) is 5.38. The highest BCUT2D eigenvalue weighted by atomic mass is 35.5. The van der Waals surface area contributed by atoms with Crippen molar-refractivity contribution in [3.8, 4) is 0 Å². The lowest BCUT2D eigenvalue weighted by molar-refractivity contribution is -0.137. The van der Waals surface area contributed by atoms with E-state index in [-0.39, 0.29) is 25.2 Å². The van der Waals surface area contributed by atoms with E-state index < -0.39 is 28.4 Å². The third kappa shape index (κ3) is 3.85. The first kappa shape index (κ1) is 19.8. The molecule has 4 N–H and O–H groups in total. The van der Waals surface area contributed by atoms with Crippen molar-refractivity contribution in [3.63, 3.8) is 0 Å². The van der Waals surface area contributed by atoms with Crippen molar-refractivity contribution in [2.45, 2.75) is 12.6 Å². The Hall–Kier alpha value is -2.92. The first-order valence-electron chi connectivity index (χ1n) is 7.99. The highest BCUT2D eigenvalue weighted by Crippen LogP contribution is 2.36. The number of nitrogens with two attached hydrogens (primary N) is 2. The third-order valence-electron chi connectivity index (χ3n) is 4.12. The largest absolute Gasteiger partial charge is 0.417 e. The van der Waals surface area contributed by atoms with Gasteiger partial charge in [0.05, 0.1) is 29.0 Å². The maximum Gasteiger partial charge on any atom is 0.417 e. The lowest BCUT2D eigenvalue weighted by Crippen LogP contribution is -2.44. The van der Waals surface area contributed by atoms with Gasteiger partial charge in [0.15, 0.2) is 5.82 Å². The van der Waals surface area contributed by atoms with Gasteiger partial charge in [0.25, 0.3) is 5.91 Å². The fourth-order valence-corrected chi connectivity index (χ4v) is 3.04. The summed E-state index contributed by atoms with van der Waals surface area (Å²) >= 11 is 5.79. The molecule has 1 aliphatic heterocycles. The highest BCUT2D eigenvalue weighted by Gasteiger charge is 2.36. The molecule has 12 heteroatoms. The number of hydrogen-bond donors (Lipinski definition) is 2. The normalized spacial score (nSPS) is 15.0. The van der Waals surface area contributed by atoms with Gasteiger partial charge in [0.1, 0.15) is 5.69 Å². The van der Waals surface area contributed by atoms with E-state index in [2.05, 4.69) is 15.0 Å². The second kappa shape index (κ2) is 7.60. The van der Waals surface area contributed by atoms with E-state index in [9.17, 15) is 18.0 Å². The SMILES string of the molecule is NC1=C(N(N)c2cnccn2)CCN(C(=O)c2nccc(C(F)(F)F)c2Cl)C1. The van der Waals surface area contributed by atoms with Crippen LogP contribution in [0.2, 0.25) is 5.02 Å². The van der Waals surface area contributed by atoms with Crippen LogP contribution in [0.5, 0.6) is 0 Å². The van der Waals surface area contributed by atoms with Crippen LogP contribution in [-0.4, -0.2) is 38.8 Å². The molecule has 28 heavy (non-hydrogen) atoms. The summed E-state index contributed by atoms with van der Waals surface area (Å²) in [5.41, 5.74) is 5.25.